The van der Waals surface area contributed by atoms with Gasteiger partial charge in [0.15, 0.2) is 0 Å². The lowest BCUT2D eigenvalue weighted by Crippen LogP contribution is -2.37. The van der Waals surface area contributed by atoms with E-state index in [4.69, 9.17) is 0 Å². The van der Waals surface area contributed by atoms with Crippen LogP contribution in [0.4, 0.5) is 0 Å². The third-order valence-corrected chi connectivity index (χ3v) is 5.63. The monoisotopic (exact) mass is 366 g/mol. The van der Waals surface area contributed by atoms with Gasteiger partial charge in [-0.2, -0.15) is 9.40 Å². The summed E-state index contributed by atoms with van der Waals surface area (Å²) in [4.78, 5) is 16.4. The van der Waals surface area contributed by atoms with Gasteiger partial charge in [-0.3, -0.25) is 9.48 Å². The van der Waals surface area contributed by atoms with Crippen LogP contribution in [0.25, 0.3) is 0 Å². The van der Waals surface area contributed by atoms with Crippen LogP contribution in [0.15, 0.2) is 18.5 Å². The Balaban J connectivity index is 1.63. The Bertz CT molecular complexity index is 885. The number of aryl methyl sites for hydroxylation is 1. The van der Waals surface area contributed by atoms with Crippen molar-refractivity contribution in [2.45, 2.75) is 39.5 Å². The Morgan fingerprint density at radius 1 is 1.40 bits per heavy atom. The number of carbonyl (C=O) groups excluding carboxylic acids is 1. The van der Waals surface area contributed by atoms with E-state index >= 15 is 0 Å². The summed E-state index contributed by atoms with van der Waals surface area (Å²) >= 11 is 0. The molecule has 0 radical (unpaired) electrons. The number of amides is 1. The second-order valence-corrected chi connectivity index (χ2v) is 8.20. The Labute approximate surface area is 146 Å². The molecule has 3 rings (SSSR count). The van der Waals surface area contributed by atoms with Crippen LogP contribution in [-0.4, -0.2) is 50.8 Å². The van der Waals surface area contributed by atoms with Crippen molar-refractivity contribution in [3.63, 3.8) is 0 Å². The average molecular weight is 366 g/mol. The van der Waals surface area contributed by atoms with Crippen LogP contribution in [-0.2, 0) is 34.5 Å². The van der Waals surface area contributed by atoms with Gasteiger partial charge in [-0.15, -0.1) is 0 Å². The average Bonchev–Trinajstić information content (AvgIpc) is 3.15. The summed E-state index contributed by atoms with van der Waals surface area (Å²) in [5.74, 6) is 0.658. The van der Waals surface area contributed by atoms with Crippen LogP contribution in [0.5, 0.6) is 0 Å². The van der Waals surface area contributed by atoms with Gasteiger partial charge in [0.25, 0.3) is 0 Å². The molecule has 0 spiro atoms. The van der Waals surface area contributed by atoms with E-state index in [1.165, 1.54) is 10.6 Å². The summed E-state index contributed by atoms with van der Waals surface area (Å²) in [5.41, 5.74) is 1.55. The Morgan fingerprint density at radius 2 is 2.16 bits per heavy atom. The van der Waals surface area contributed by atoms with Crippen molar-refractivity contribution in [2.24, 2.45) is 0 Å². The lowest BCUT2D eigenvalue weighted by molar-refractivity contribution is -0.124. The molecule has 1 aliphatic heterocycles. The zero-order valence-corrected chi connectivity index (χ0v) is 15.3. The minimum atomic E-state index is -3.21. The number of imidazole rings is 1. The molecule has 0 aliphatic carbocycles. The highest BCUT2D eigenvalue weighted by molar-refractivity contribution is 7.88. The predicted octanol–water partition coefficient (Wildman–Crippen LogP) is 0.0406. The van der Waals surface area contributed by atoms with Gasteiger partial charge in [-0.05, 0) is 19.9 Å². The molecule has 1 atom stereocenters. The highest BCUT2D eigenvalue weighted by atomic mass is 32.2. The van der Waals surface area contributed by atoms with Crippen molar-refractivity contribution in [3.05, 3.63) is 35.7 Å². The molecule has 9 nitrogen and oxygen atoms in total. The van der Waals surface area contributed by atoms with E-state index in [1.807, 2.05) is 19.9 Å². The molecule has 1 amide bonds. The summed E-state index contributed by atoms with van der Waals surface area (Å²) < 4.78 is 28.4. The molecule has 0 aromatic carbocycles. The molecular weight excluding hydrogens is 344 g/mol. The molecule has 25 heavy (non-hydrogen) atoms. The minimum Gasteiger partial charge on any atom is -0.349 e. The Kier molecular flexibility index (Phi) is 4.65. The first-order chi connectivity index (χ1) is 11.8. The highest BCUT2D eigenvalue weighted by Crippen LogP contribution is 2.16. The second kappa shape index (κ2) is 6.60. The van der Waals surface area contributed by atoms with Crippen molar-refractivity contribution in [3.8, 4) is 0 Å². The molecule has 2 aromatic rings. The second-order valence-electron chi connectivity index (χ2n) is 6.22. The largest absolute Gasteiger partial charge is 0.349 e. The maximum absolute atomic E-state index is 12.3. The normalized spacial score (nSPS) is 16.4. The zero-order chi connectivity index (χ0) is 18.2. The minimum absolute atomic E-state index is 0.121. The molecule has 1 N–H and O–H groups in total. The molecule has 0 fully saturated rings. The first-order valence-electron chi connectivity index (χ1n) is 8.03. The maximum Gasteiger partial charge on any atom is 0.243 e. The van der Waals surface area contributed by atoms with Crippen LogP contribution in [0, 0.1) is 6.92 Å². The Hall–Kier alpha value is -2.20. The smallest absolute Gasteiger partial charge is 0.243 e. The van der Waals surface area contributed by atoms with Crippen molar-refractivity contribution < 1.29 is 13.2 Å². The van der Waals surface area contributed by atoms with E-state index in [0.717, 1.165) is 11.5 Å². The van der Waals surface area contributed by atoms with Gasteiger partial charge >= 0.3 is 0 Å². The Morgan fingerprint density at radius 3 is 2.80 bits per heavy atom. The van der Waals surface area contributed by atoms with Crippen LogP contribution in [0.3, 0.4) is 0 Å². The molecule has 0 saturated carbocycles. The van der Waals surface area contributed by atoms with E-state index in [9.17, 15) is 13.2 Å². The molecular formula is C15H22N6O3S. The highest BCUT2D eigenvalue weighted by Gasteiger charge is 2.24. The van der Waals surface area contributed by atoms with E-state index in [1.54, 1.807) is 21.6 Å². The molecule has 0 bridgehead atoms. The lowest BCUT2D eigenvalue weighted by atomic mass is 10.3. The number of sulfonamides is 1. The number of nitrogens with one attached hydrogen (secondary N) is 1. The van der Waals surface area contributed by atoms with Gasteiger partial charge in [0.1, 0.15) is 11.9 Å². The van der Waals surface area contributed by atoms with Gasteiger partial charge in [0.2, 0.25) is 15.9 Å². The molecule has 10 heteroatoms. The maximum atomic E-state index is 12.3. The predicted molar refractivity (Wildman–Crippen MR) is 91.0 cm³/mol. The molecule has 136 valence electrons. The number of hydrogen-bond donors (Lipinski definition) is 1. The number of nitrogens with zero attached hydrogens (tertiary/aromatic N) is 5. The molecule has 3 heterocycles. The topological polar surface area (TPSA) is 102 Å². The van der Waals surface area contributed by atoms with Gasteiger partial charge in [0.05, 0.1) is 37.3 Å². The quantitative estimate of drug-likeness (QED) is 0.805. The first kappa shape index (κ1) is 17.6. The number of rotatable bonds is 5. The zero-order valence-electron chi connectivity index (χ0n) is 14.5. The van der Waals surface area contributed by atoms with Gasteiger partial charge in [-0.25, -0.2) is 13.4 Å². The standard InChI is InChI=1S/C15H22N6O3S/c1-11(20-5-4-16-12(20)2)15(22)17-9-13-8-14-10-19(25(3,23)24)6-7-21(14)18-13/h4-5,8,11H,6-7,9-10H2,1-3H3,(H,17,22). The number of aromatic nitrogens is 4. The summed E-state index contributed by atoms with van der Waals surface area (Å²) in [5, 5.41) is 7.31. The molecule has 2 aromatic heterocycles. The van der Waals surface area contributed by atoms with Crippen molar-refractivity contribution in [2.75, 3.05) is 12.8 Å². The number of carbonyl (C=O) groups is 1. The fraction of sp³-hybridized carbons (Fsp3) is 0.533. The fourth-order valence-electron chi connectivity index (χ4n) is 2.92. The summed E-state index contributed by atoms with van der Waals surface area (Å²) in [6.45, 7) is 5.20. The van der Waals surface area contributed by atoms with Crippen LogP contribution >= 0.6 is 0 Å². The number of fused-ring (bicyclic) bond motifs is 1. The lowest BCUT2D eigenvalue weighted by Gasteiger charge is -2.25. The van der Waals surface area contributed by atoms with Crippen molar-refractivity contribution in [1.82, 2.24) is 29.0 Å². The van der Waals surface area contributed by atoms with E-state index in [-0.39, 0.29) is 11.9 Å². The summed E-state index contributed by atoms with van der Waals surface area (Å²) in [7, 11) is -3.21. The first-order valence-corrected chi connectivity index (χ1v) is 9.88. The van der Waals surface area contributed by atoms with Crippen molar-refractivity contribution >= 4 is 15.9 Å². The molecule has 0 saturated heterocycles. The molecule has 1 unspecified atom stereocenters. The van der Waals surface area contributed by atoms with Crippen LogP contribution in [0.1, 0.15) is 30.2 Å². The fourth-order valence-corrected chi connectivity index (χ4v) is 3.70. The van der Waals surface area contributed by atoms with E-state index < -0.39 is 10.0 Å². The summed E-state index contributed by atoms with van der Waals surface area (Å²) in [6, 6.07) is 1.48. The van der Waals surface area contributed by atoms with E-state index in [0.29, 0.717) is 31.9 Å². The van der Waals surface area contributed by atoms with Gasteiger partial charge in [-0.1, -0.05) is 0 Å². The van der Waals surface area contributed by atoms with Crippen molar-refractivity contribution in [1.29, 1.82) is 0 Å². The molecule has 1 aliphatic rings. The van der Waals surface area contributed by atoms with E-state index in [2.05, 4.69) is 15.4 Å². The summed E-state index contributed by atoms with van der Waals surface area (Å²) in [6.07, 6.45) is 4.64. The SMILES string of the molecule is Cc1nccn1C(C)C(=O)NCc1cc2n(n1)CCN(S(C)(=O)=O)C2. The number of hydrogen-bond acceptors (Lipinski definition) is 5. The van der Waals surface area contributed by atoms with Gasteiger partial charge < -0.3 is 9.88 Å². The van der Waals surface area contributed by atoms with Gasteiger partial charge in [0, 0.05) is 18.9 Å². The third kappa shape index (κ3) is 3.74. The third-order valence-electron chi connectivity index (χ3n) is 4.39. The van der Waals surface area contributed by atoms with Crippen LogP contribution < -0.4 is 5.32 Å². The van der Waals surface area contributed by atoms with Crippen LogP contribution in [0.2, 0.25) is 0 Å².